The van der Waals surface area contributed by atoms with Gasteiger partial charge in [0.2, 0.25) is 0 Å². The third-order valence-corrected chi connectivity index (χ3v) is 28.3. The van der Waals surface area contributed by atoms with Crippen LogP contribution in [0.4, 0.5) is 0 Å². The fraction of sp³-hybridized carbons (Fsp3) is 0. The maximum Gasteiger partial charge on any atom is 0.193 e. The number of carbonyl (C=O) groups is 2. The average molecular weight is 1920 g/mol. The zero-order chi connectivity index (χ0) is 96.4. The van der Waals surface area contributed by atoms with Gasteiger partial charge in [-0.2, -0.15) is 0 Å². The smallest absolute Gasteiger partial charge is 0.193 e. The summed E-state index contributed by atoms with van der Waals surface area (Å²) in [5.74, 6) is 4.52. The maximum absolute atomic E-state index is 16.3. The molecule has 14 nitrogen and oxygen atoms in total. The van der Waals surface area contributed by atoms with Crippen LogP contribution in [0.15, 0.2) is 483 Å². The van der Waals surface area contributed by atoms with E-state index in [2.05, 4.69) is 204 Å². The number of benzene rings is 16. The van der Waals surface area contributed by atoms with E-state index in [9.17, 15) is 0 Å². The van der Waals surface area contributed by atoms with Crippen LogP contribution in [0.25, 0.3) is 223 Å². The van der Waals surface area contributed by atoms with Crippen molar-refractivity contribution in [3.63, 3.8) is 0 Å². The zero-order valence-corrected chi connectivity index (χ0v) is 80.3. The lowest BCUT2D eigenvalue weighted by molar-refractivity contribution is 0.103. The molecule has 0 spiro atoms. The number of nitrogens with zero attached hydrogens (tertiary/aromatic N) is 12. The first-order valence-electron chi connectivity index (χ1n) is 46.9. The average Bonchev–Trinajstić information content (AvgIpc) is 0.863. The van der Waals surface area contributed by atoms with Gasteiger partial charge in [0.15, 0.2) is 81.5 Å². The molecule has 8 heterocycles. The van der Waals surface area contributed by atoms with Gasteiger partial charge < -0.3 is 0 Å². The van der Waals surface area contributed by atoms with E-state index in [4.69, 9.17) is 59.8 Å². The molecule has 0 atom stereocenters. The van der Waals surface area contributed by atoms with Crippen LogP contribution in [0.5, 0.6) is 0 Å². The van der Waals surface area contributed by atoms with Gasteiger partial charge in [-0.1, -0.05) is 340 Å². The van der Waals surface area contributed by atoms with Crippen LogP contribution in [-0.2, 0) is 0 Å². The molecule has 24 rings (SSSR count). The van der Waals surface area contributed by atoms with Gasteiger partial charge >= 0.3 is 0 Å². The molecule has 0 aliphatic rings. The fourth-order valence-electron chi connectivity index (χ4n) is 17.5. The standard InChI is InChI=1S/C73H46N12O.C53H34OS4/c86-61(55-41-57(70-78-62(47-25-9-1-10-26-47)74-63(79-70)48-27-11-2-12-28-48)45-58(42-55)71-80-64(49-29-13-3-14-30-49)75-65(81-71)50-31-15-4-16-32-50)56-43-59(72-82-66(51-33-17-5-18-34-51)76-67(83-72)52-35-19-6-20-36-52)46-60(44-56)73-84-68(53-37-21-7-22-38-53)77-69(85-73)54-39-23-8-24-40-54;54-53(47-31-43(35-9-1-13-39(25-35)49-17-5-21-55-49)29-44(32-47)36-10-2-14-40(26-36)50-18-6-22-56-50)48-33-45(37-11-3-15-41(27-37)51-19-7-23-57-51)30-46(34-48)38-12-4-16-42(28-38)52-20-8-24-58-52/h1-46H;1-34H. The second-order valence-electron chi connectivity index (χ2n) is 34.2. The van der Waals surface area contributed by atoms with Gasteiger partial charge in [0, 0.05) is 109 Å². The lowest BCUT2D eigenvalue weighted by Gasteiger charge is -2.14. The Bertz CT molecular complexity index is 7540. The van der Waals surface area contributed by atoms with Crippen LogP contribution in [0.3, 0.4) is 0 Å². The van der Waals surface area contributed by atoms with Crippen molar-refractivity contribution in [3.8, 4) is 223 Å². The summed E-state index contributed by atoms with van der Waals surface area (Å²) in [6, 6.07) is 153. The Labute approximate surface area is 847 Å². The lowest BCUT2D eigenvalue weighted by Crippen LogP contribution is -2.07. The summed E-state index contributed by atoms with van der Waals surface area (Å²) in [7, 11) is 0. The molecule has 0 N–H and O–H groups in total. The number of ketones is 2. The zero-order valence-electron chi connectivity index (χ0n) is 77.0. The predicted octanol–water partition coefficient (Wildman–Crippen LogP) is 32.2. The Balaban J connectivity index is 0.000000172. The molecule has 0 aliphatic heterocycles. The Morgan fingerprint density at radius 3 is 0.431 bits per heavy atom. The lowest BCUT2D eigenvalue weighted by atomic mass is 9.89. The number of rotatable bonds is 24. The van der Waals surface area contributed by atoms with Crippen molar-refractivity contribution in [1.82, 2.24) is 59.8 Å². The van der Waals surface area contributed by atoms with Crippen LogP contribution in [0, 0.1) is 0 Å². The first-order valence-corrected chi connectivity index (χ1v) is 50.4. The van der Waals surface area contributed by atoms with Crippen molar-refractivity contribution >= 4 is 56.9 Å². The second-order valence-corrected chi connectivity index (χ2v) is 38.0. The highest BCUT2D eigenvalue weighted by Crippen LogP contribution is 2.43. The quantitative estimate of drug-likeness (QED) is 0.0520. The van der Waals surface area contributed by atoms with E-state index in [1.54, 1.807) is 45.3 Å². The van der Waals surface area contributed by atoms with Gasteiger partial charge in [-0.3, -0.25) is 9.59 Å². The highest BCUT2D eigenvalue weighted by molar-refractivity contribution is 7.14. The van der Waals surface area contributed by atoms with Crippen molar-refractivity contribution in [2.24, 2.45) is 0 Å². The predicted molar refractivity (Wildman–Crippen MR) is 586 cm³/mol. The van der Waals surface area contributed by atoms with E-state index in [1.807, 2.05) is 279 Å². The Hall–Kier alpha value is -18.3. The summed E-state index contributed by atoms with van der Waals surface area (Å²) in [6.07, 6.45) is 0. The molecule has 16 aromatic carbocycles. The molecule has 0 aliphatic carbocycles. The van der Waals surface area contributed by atoms with Crippen molar-refractivity contribution in [2.75, 3.05) is 0 Å². The Morgan fingerprint density at radius 1 is 0.125 bits per heavy atom. The van der Waals surface area contributed by atoms with Crippen LogP contribution in [0.1, 0.15) is 31.8 Å². The van der Waals surface area contributed by atoms with Crippen LogP contribution >= 0.6 is 45.3 Å². The van der Waals surface area contributed by atoms with Crippen molar-refractivity contribution in [2.45, 2.75) is 0 Å². The van der Waals surface area contributed by atoms with Gasteiger partial charge in [-0.05, 0) is 210 Å². The molecule has 144 heavy (non-hydrogen) atoms. The summed E-state index contributed by atoms with van der Waals surface area (Å²) >= 11 is 6.93. The largest absolute Gasteiger partial charge is 0.289 e. The third-order valence-electron chi connectivity index (χ3n) is 24.6. The Kier molecular flexibility index (Phi) is 25.5. The maximum atomic E-state index is 16.3. The minimum Gasteiger partial charge on any atom is -0.289 e. The van der Waals surface area contributed by atoms with E-state index in [0.717, 1.165) is 111 Å². The number of aromatic nitrogens is 12. The third kappa shape index (κ3) is 19.9. The molecule has 0 amide bonds. The molecular formula is C126H80N12O2S4. The highest BCUT2D eigenvalue weighted by Gasteiger charge is 2.27. The molecule has 0 fully saturated rings. The molecule has 0 unspecified atom stereocenters. The van der Waals surface area contributed by atoms with E-state index >= 15 is 9.59 Å². The van der Waals surface area contributed by atoms with Crippen molar-refractivity contribution in [3.05, 3.63) is 505 Å². The van der Waals surface area contributed by atoms with Gasteiger partial charge in [-0.15, -0.1) is 45.3 Å². The topological polar surface area (TPSA) is 189 Å². The fourth-order valence-corrected chi connectivity index (χ4v) is 20.4. The molecule has 680 valence electrons. The summed E-state index contributed by atoms with van der Waals surface area (Å²) in [6.45, 7) is 0. The minimum atomic E-state index is -0.362. The first kappa shape index (κ1) is 89.6. The number of carbonyl (C=O) groups excluding carboxylic acids is 2. The number of hydrogen-bond donors (Lipinski definition) is 0. The molecule has 18 heteroatoms. The monoisotopic (exact) mass is 1920 g/mol. The van der Waals surface area contributed by atoms with E-state index in [1.165, 1.54) is 19.5 Å². The summed E-state index contributed by atoms with van der Waals surface area (Å²) < 4.78 is 0. The summed E-state index contributed by atoms with van der Waals surface area (Å²) in [5, 5.41) is 8.44. The molecule has 0 saturated heterocycles. The van der Waals surface area contributed by atoms with Crippen molar-refractivity contribution < 1.29 is 9.59 Å². The summed E-state index contributed by atoms with van der Waals surface area (Å²) in [5.41, 5.74) is 23.2. The van der Waals surface area contributed by atoms with Crippen LogP contribution < -0.4 is 0 Å². The number of thiophene rings is 4. The van der Waals surface area contributed by atoms with Gasteiger partial charge in [0.1, 0.15) is 0 Å². The summed E-state index contributed by atoms with van der Waals surface area (Å²) in [4.78, 5) is 97.5. The van der Waals surface area contributed by atoms with Gasteiger partial charge in [-0.25, -0.2) is 59.8 Å². The van der Waals surface area contributed by atoms with E-state index in [-0.39, 0.29) is 22.7 Å². The molecular weight excluding hydrogens is 1840 g/mol. The van der Waals surface area contributed by atoms with Crippen molar-refractivity contribution in [1.29, 1.82) is 0 Å². The molecule has 24 aromatic rings. The van der Waals surface area contributed by atoms with Gasteiger partial charge in [0.25, 0.3) is 0 Å². The molecule has 0 saturated carbocycles. The molecule has 0 radical (unpaired) electrons. The first-order chi connectivity index (χ1) is 71.1. The number of hydrogen-bond acceptors (Lipinski definition) is 18. The molecule has 8 aromatic heterocycles. The van der Waals surface area contributed by atoms with E-state index in [0.29, 0.717) is 103 Å². The van der Waals surface area contributed by atoms with Gasteiger partial charge in [0.05, 0.1) is 0 Å². The van der Waals surface area contributed by atoms with Crippen LogP contribution in [-0.4, -0.2) is 71.4 Å². The minimum absolute atomic E-state index is 0.0150. The van der Waals surface area contributed by atoms with Crippen LogP contribution in [0.2, 0.25) is 0 Å². The molecule has 0 bridgehead atoms. The van der Waals surface area contributed by atoms with E-state index < -0.39 is 0 Å². The highest BCUT2D eigenvalue weighted by atomic mass is 32.1. The second kappa shape index (κ2) is 41.0. The SMILES string of the molecule is O=C(c1cc(-c2cccc(-c3cccs3)c2)cc(-c2cccc(-c3cccs3)c2)c1)c1cc(-c2cccc(-c3cccs3)c2)cc(-c2cccc(-c3cccs3)c2)c1.O=C(c1cc(-c2nc(-c3ccccc3)nc(-c3ccccc3)n2)cc(-c2nc(-c3ccccc3)nc(-c3ccccc3)n2)c1)c1cc(-c2nc(-c3ccccc3)nc(-c3ccccc3)n2)cc(-c2nc(-c3ccccc3)nc(-c3ccccc3)n2)c1. The Morgan fingerprint density at radius 2 is 0.264 bits per heavy atom. The normalized spacial score (nSPS) is 11.1.